The van der Waals surface area contributed by atoms with Crippen molar-refractivity contribution in [2.45, 2.75) is 37.6 Å². The molecule has 1 amide bonds. The second kappa shape index (κ2) is 6.69. The monoisotopic (exact) mass is 313 g/mol. The van der Waals surface area contributed by atoms with Gasteiger partial charge in [-0.15, -0.1) is 0 Å². The Labute approximate surface area is 134 Å². The minimum absolute atomic E-state index is 0.158. The van der Waals surface area contributed by atoms with Gasteiger partial charge in [0, 0.05) is 0 Å². The van der Waals surface area contributed by atoms with E-state index in [2.05, 4.69) is 17.4 Å². The number of benzene rings is 1. The molecule has 23 heavy (non-hydrogen) atoms. The third-order valence-electron chi connectivity index (χ3n) is 4.40. The SMILES string of the molecule is O=C(NC(CC1CCCc2ccccc21)C(=O)O)c1ccoc1. The summed E-state index contributed by atoms with van der Waals surface area (Å²) >= 11 is 0. The molecular formula is C18H19NO4. The molecule has 1 aromatic carbocycles. The molecule has 1 aliphatic rings. The van der Waals surface area contributed by atoms with Gasteiger partial charge in [0.25, 0.3) is 5.91 Å². The lowest BCUT2D eigenvalue weighted by Gasteiger charge is -2.28. The minimum atomic E-state index is -1.01. The molecule has 2 aromatic rings. The summed E-state index contributed by atoms with van der Waals surface area (Å²) in [6.45, 7) is 0. The highest BCUT2D eigenvalue weighted by atomic mass is 16.4. The lowest BCUT2D eigenvalue weighted by molar-refractivity contribution is -0.139. The number of rotatable bonds is 5. The summed E-state index contributed by atoms with van der Waals surface area (Å²) in [6, 6.07) is 8.77. The van der Waals surface area contributed by atoms with Crippen LogP contribution in [-0.4, -0.2) is 23.0 Å². The van der Waals surface area contributed by atoms with Gasteiger partial charge in [0.2, 0.25) is 0 Å². The molecule has 0 radical (unpaired) electrons. The van der Waals surface area contributed by atoms with E-state index in [1.807, 2.05) is 12.1 Å². The number of carbonyl (C=O) groups excluding carboxylic acids is 1. The Bertz CT molecular complexity index is 693. The second-order valence-electron chi connectivity index (χ2n) is 5.90. The van der Waals surface area contributed by atoms with E-state index in [4.69, 9.17) is 4.42 Å². The van der Waals surface area contributed by atoms with Crippen LogP contribution >= 0.6 is 0 Å². The van der Waals surface area contributed by atoms with Crippen molar-refractivity contribution in [3.63, 3.8) is 0 Å². The van der Waals surface area contributed by atoms with Gasteiger partial charge in [-0.05, 0) is 48.8 Å². The summed E-state index contributed by atoms with van der Waals surface area (Å²) in [4.78, 5) is 23.6. The predicted molar refractivity (Wildman–Crippen MR) is 84.3 cm³/mol. The standard InChI is InChI=1S/C18H19NO4/c20-17(14-8-9-23-11-14)19-16(18(21)22)10-13-6-3-5-12-4-1-2-7-15(12)13/h1-2,4,7-9,11,13,16H,3,5-6,10H2,(H,19,20)(H,21,22). The summed E-state index contributed by atoms with van der Waals surface area (Å²) < 4.78 is 4.87. The van der Waals surface area contributed by atoms with Gasteiger partial charge < -0.3 is 14.8 Å². The molecule has 0 saturated carbocycles. The zero-order valence-corrected chi connectivity index (χ0v) is 12.7. The van der Waals surface area contributed by atoms with E-state index < -0.39 is 17.9 Å². The van der Waals surface area contributed by atoms with Gasteiger partial charge in [-0.2, -0.15) is 0 Å². The van der Waals surface area contributed by atoms with Crippen molar-refractivity contribution in [3.05, 3.63) is 59.5 Å². The van der Waals surface area contributed by atoms with Crippen molar-refractivity contribution in [1.29, 1.82) is 0 Å². The van der Waals surface area contributed by atoms with Gasteiger partial charge in [0.1, 0.15) is 12.3 Å². The quantitative estimate of drug-likeness (QED) is 0.889. The van der Waals surface area contributed by atoms with Crippen molar-refractivity contribution in [2.75, 3.05) is 0 Å². The minimum Gasteiger partial charge on any atom is -0.480 e. The van der Waals surface area contributed by atoms with Gasteiger partial charge in [-0.25, -0.2) is 4.79 Å². The number of aliphatic carboxylic acids is 1. The molecule has 0 saturated heterocycles. The number of amides is 1. The Kier molecular flexibility index (Phi) is 4.46. The van der Waals surface area contributed by atoms with Crippen molar-refractivity contribution in [1.82, 2.24) is 5.32 Å². The topological polar surface area (TPSA) is 79.5 Å². The molecule has 1 heterocycles. The molecule has 0 aliphatic heterocycles. The molecule has 2 atom stereocenters. The Hall–Kier alpha value is -2.56. The first-order chi connectivity index (χ1) is 11.1. The van der Waals surface area contributed by atoms with Gasteiger partial charge in [-0.3, -0.25) is 4.79 Å². The van der Waals surface area contributed by atoms with E-state index >= 15 is 0 Å². The van der Waals surface area contributed by atoms with Gasteiger partial charge in [0.15, 0.2) is 0 Å². The zero-order chi connectivity index (χ0) is 16.2. The number of nitrogens with one attached hydrogen (secondary N) is 1. The lowest BCUT2D eigenvalue weighted by Crippen LogP contribution is -2.42. The Balaban J connectivity index is 1.73. The number of carbonyl (C=O) groups is 2. The van der Waals surface area contributed by atoms with Crippen LogP contribution in [-0.2, 0) is 11.2 Å². The van der Waals surface area contributed by atoms with Crippen LogP contribution in [0.15, 0.2) is 47.3 Å². The summed E-state index contributed by atoms with van der Waals surface area (Å²) in [5.74, 6) is -1.27. The fraction of sp³-hybridized carbons (Fsp3) is 0.333. The van der Waals surface area contributed by atoms with E-state index in [1.54, 1.807) is 0 Å². The third kappa shape index (κ3) is 3.44. The van der Waals surface area contributed by atoms with E-state index in [9.17, 15) is 14.7 Å². The molecule has 1 aromatic heterocycles. The molecule has 1 aliphatic carbocycles. The van der Waals surface area contributed by atoms with Crippen LogP contribution in [0.5, 0.6) is 0 Å². The summed E-state index contributed by atoms with van der Waals surface area (Å²) in [6.07, 6.45) is 6.13. The molecule has 5 heteroatoms. The first-order valence-corrected chi connectivity index (χ1v) is 7.79. The number of carboxylic acid groups (broad SMARTS) is 1. The van der Waals surface area contributed by atoms with Crippen molar-refractivity contribution in [2.24, 2.45) is 0 Å². The van der Waals surface area contributed by atoms with Crippen LogP contribution < -0.4 is 5.32 Å². The number of fused-ring (bicyclic) bond motifs is 1. The summed E-state index contributed by atoms with van der Waals surface area (Å²) in [5.41, 5.74) is 2.83. The van der Waals surface area contributed by atoms with Gasteiger partial charge in [0.05, 0.1) is 11.8 Å². The third-order valence-corrected chi connectivity index (χ3v) is 4.40. The maximum Gasteiger partial charge on any atom is 0.326 e. The van der Waals surface area contributed by atoms with E-state index in [1.165, 1.54) is 29.7 Å². The Morgan fingerprint density at radius 1 is 1.30 bits per heavy atom. The smallest absolute Gasteiger partial charge is 0.326 e. The van der Waals surface area contributed by atoms with Crippen molar-refractivity contribution >= 4 is 11.9 Å². The highest BCUT2D eigenvalue weighted by Gasteiger charge is 2.28. The zero-order valence-electron chi connectivity index (χ0n) is 12.7. The summed E-state index contributed by atoms with van der Waals surface area (Å²) in [7, 11) is 0. The molecule has 0 bridgehead atoms. The van der Waals surface area contributed by atoms with Crippen molar-refractivity contribution in [3.8, 4) is 0 Å². The molecule has 2 N–H and O–H groups in total. The molecule has 0 fully saturated rings. The maximum absolute atomic E-state index is 12.1. The molecule has 3 rings (SSSR count). The molecular weight excluding hydrogens is 294 g/mol. The number of hydrogen-bond donors (Lipinski definition) is 2. The number of carboxylic acids is 1. The fourth-order valence-electron chi connectivity index (χ4n) is 3.24. The molecule has 5 nitrogen and oxygen atoms in total. The highest BCUT2D eigenvalue weighted by Crippen LogP contribution is 2.34. The average molecular weight is 313 g/mol. The first kappa shape index (κ1) is 15.3. The first-order valence-electron chi connectivity index (χ1n) is 7.79. The lowest BCUT2D eigenvalue weighted by atomic mass is 9.79. The normalized spacial score (nSPS) is 18.0. The molecule has 0 spiro atoms. The summed E-state index contributed by atoms with van der Waals surface area (Å²) in [5, 5.41) is 12.1. The largest absolute Gasteiger partial charge is 0.480 e. The van der Waals surface area contributed by atoms with E-state index in [-0.39, 0.29) is 5.92 Å². The molecule has 2 unspecified atom stereocenters. The highest BCUT2D eigenvalue weighted by molar-refractivity contribution is 5.96. The van der Waals surface area contributed by atoms with Crippen LogP contribution in [0.4, 0.5) is 0 Å². The maximum atomic E-state index is 12.1. The van der Waals surface area contributed by atoms with Crippen LogP contribution in [0, 0.1) is 0 Å². The van der Waals surface area contributed by atoms with E-state index in [0.29, 0.717) is 12.0 Å². The second-order valence-corrected chi connectivity index (χ2v) is 5.90. The van der Waals surface area contributed by atoms with Crippen LogP contribution in [0.1, 0.15) is 46.7 Å². The Morgan fingerprint density at radius 2 is 2.13 bits per heavy atom. The van der Waals surface area contributed by atoms with Crippen LogP contribution in [0.25, 0.3) is 0 Å². The van der Waals surface area contributed by atoms with E-state index in [0.717, 1.165) is 19.3 Å². The number of hydrogen-bond acceptors (Lipinski definition) is 3. The van der Waals surface area contributed by atoms with Crippen LogP contribution in [0.3, 0.4) is 0 Å². The van der Waals surface area contributed by atoms with Crippen molar-refractivity contribution < 1.29 is 19.1 Å². The average Bonchev–Trinajstić information content (AvgIpc) is 3.09. The van der Waals surface area contributed by atoms with Gasteiger partial charge >= 0.3 is 5.97 Å². The number of furan rings is 1. The predicted octanol–water partition coefficient (Wildman–Crippen LogP) is 2.97. The Morgan fingerprint density at radius 3 is 2.87 bits per heavy atom. The van der Waals surface area contributed by atoms with Gasteiger partial charge in [-0.1, -0.05) is 24.3 Å². The number of aryl methyl sites for hydroxylation is 1. The molecule has 120 valence electrons. The fourth-order valence-corrected chi connectivity index (χ4v) is 3.24. The van der Waals surface area contributed by atoms with Crippen LogP contribution in [0.2, 0.25) is 0 Å².